The fraction of sp³-hybridized carbons (Fsp3) is 0.125. The van der Waals surface area contributed by atoms with Crippen molar-refractivity contribution in [2.75, 3.05) is 13.2 Å². The fourth-order valence-electron chi connectivity index (χ4n) is 2.18. The minimum absolute atomic E-state index is 0.0974. The van der Waals surface area contributed by atoms with Crippen LogP contribution in [0.2, 0.25) is 0 Å². The van der Waals surface area contributed by atoms with E-state index in [9.17, 15) is 4.79 Å². The molecule has 0 aliphatic carbocycles. The number of fused-ring (bicyclic) bond motifs is 1. The van der Waals surface area contributed by atoms with E-state index in [0.29, 0.717) is 17.0 Å². The Bertz CT molecular complexity index is 766. The highest BCUT2D eigenvalue weighted by Gasteiger charge is 2.14. The van der Waals surface area contributed by atoms with Gasteiger partial charge in [-0.15, -0.1) is 0 Å². The Morgan fingerprint density at radius 1 is 1.24 bits per heavy atom. The van der Waals surface area contributed by atoms with Gasteiger partial charge in [0.1, 0.15) is 5.69 Å². The van der Waals surface area contributed by atoms with Gasteiger partial charge in [0.05, 0.1) is 24.0 Å². The monoisotopic (exact) mass is 282 g/mol. The van der Waals surface area contributed by atoms with Crippen molar-refractivity contribution in [3.63, 3.8) is 0 Å². The second kappa shape index (κ2) is 5.76. The Kier molecular flexibility index (Phi) is 3.66. The molecule has 1 amide bonds. The number of rotatable bonds is 4. The largest absolute Gasteiger partial charge is 0.463 e. The van der Waals surface area contributed by atoms with E-state index in [1.165, 1.54) is 0 Å². The first-order chi connectivity index (χ1) is 10.3. The third kappa shape index (κ3) is 2.64. The van der Waals surface area contributed by atoms with Gasteiger partial charge in [0.2, 0.25) is 0 Å². The number of nitrogens with zero attached hydrogens (tertiary/aromatic N) is 1. The van der Waals surface area contributed by atoms with Gasteiger partial charge in [-0.05, 0) is 24.3 Å². The summed E-state index contributed by atoms with van der Waals surface area (Å²) in [5.41, 5.74) is 1.84. The van der Waals surface area contributed by atoms with Crippen LogP contribution in [0.25, 0.3) is 22.4 Å². The summed E-state index contributed by atoms with van der Waals surface area (Å²) in [5, 5.41) is 12.3. The highest BCUT2D eigenvalue weighted by Crippen LogP contribution is 2.25. The molecule has 0 fully saturated rings. The number of benzene rings is 1. The van der Waals surface area contributed by atoms with Gasteiger partial charge in [0.15, 0.2) is 5.76 Å². The first-order valence-electron chi connectivity index (χ1n) is 6.62. The molecule has 3 aromatic rings. The van der Waals surface area contributed by atoms with Crippen molar-refractivity contribution in [1.82, 2.24) is 10.3 Å². The fourth-order valence-corrected chi connectivity index (χ4v) is 2.18. The van der Waals surface area contributed by atoms with E-state index in [2.05, 4.69) is 10.3 Å². The van der Waals surface area contributed by atoms with Crippen LogP contribution in [0, 0.1) is 0 Å². The van der Waals surface area contributed by atoms with Gasteiger partial charge in [0, 0.05) is 11.9 Å². The number of aliphatic hydroxyl groups excluding tert-OH is 1. The zero-order valence-corrected chi connectivity index (χ0v) is 11.2. The van der Waals surface area contributed by atoms with Gasteiger partial charge in [-0.25, -0.2) is 4.98 Å². The molecule has 0 aliphatic heterocycles. The number of amides is 1. The molecule has 3 rings (SSSR count). The van der Waals surface area contributed by atoms with E-state index in [4.69, 9.17) is 9.52 Å². The Hall–Kier alpha value is -2.66. The topological polar surface area (TPSA) is 75.4 Å². The molecule has 0 radical (unpaired) electrons. The maximum atomic E-state index is 12.3. The quantitative estimate of drug-likeness (QED) is 0.769. The number of carbonyl (C=O) groups excluding carboxylic acids is 1. The first-order valence-corrected chi connectivity index (χ1v) is 6.62. The number of furan rings is 1. The third-order valence-corrected chi connectivity index (χ3v) is 3.13. The standard InChI is InChI=1S/C16H14N2O3/c19-8-7-17-16(20)12-10-14(15-6-3-9-21-15)18-13-5-2-1-4-11(12)13/h1-6,9-10,19H,7-8H2,(H,17,20). The molecule has 0 unspecified atom stereocenters. The summed E-state index contributed by atoms with van der Waals surface area (Å²) in [4.78, 5) is 16.8. The van der Waals surface area contributed by atoms with Crippen LogP contribution in [-0.4, -0.2) is 29.1 Å². The molecule has 0 saturated carbocycles. The lowest BCUT2D eigenvalue weighted by Crippen LogP contribution is -2.26. The number of para-hydroxylation sites is 1. The second-order valence-corrected chi connectivity index (χ2v) is 4.53. The predicted octanol–water partition coefficient (Wildman–Crippen LogP) is 2.22. The summed E-state index contributed by atoms with van der Waals surface area (Å²) >= 11 is 0. The van der Waals surface area contributed by atoms with E-state index in [1.54, 1.807) is 24.5 Å². The van der Waals surface area contributed by atoms with Crippen LogP contribution in [0.1, 0.15) is 10.4 Å². The van der Waals surface area contributed by atoms with Crippen LogP contribution >= 0.6 is 0 Å². The molecule has 106 valence electrons. The molecular weight excluding hydrogens is 268 g/mol. The zero-order chi connectivity index (χ0) is 14.7. The van der Waals surface area contributed by atoms with Gasteiger partial charge in [-0.1, -0.05) is 18.2 Å². The third-order valence-electron chi connectivity index (χ3n) is 3.13. The lowest BCUT2D eigenvalue weighted by Gasteiger charge is -2.08. The van der Waals surface area contributed by atoms with E-state index < -0.39 is 0 Å². The first kappa shape index (κ1) is 13.3. The van der Waals surface area contributed by atoms with Gasteiger partial charge < -0.3 is 14.8 Å². The van der Waals surface area contributed by atoms with Crippen molar-refractivity contribution in [3.8, 4) is 11.5 Å². The van der Waals surface area contributed by atoms with Gasteiger partial charge in [-0.2, -0.15) is 0 Å². The minimum atomic E-state index is -0.240. The molecular formula is C16H14N2O3. The van der Waals surface area contributed by atoms with Gasteiger partial charge >= 0.3 is 0 Å². The van der Waals surface area contributed by atoms with E-state index >= 15 is 0 Å². The van der Waals surface area contributed by atoms with Crippen molar-refractivity contribution < 1.29 is 14.3 Å². The highest BCUT2D eigenvalue weighted by atomic mass is 16.3. The second-order valence-electron chi connectivity index (χ2n) is 4.53. The summed E-state index contributed by atoms with van der Waals surface area (Å²) in [6, 6.07) is 12.7. The van der Waals surface area contributed by atoms with Crippen LogP contribution in [0.5, 0.6) is 0 Å². The van der Waals surface area contributed by atoms with Crippen molar-refractivity contribution in [3.05, 3.63) is 54.3 Å². The molecule has 2 aromatic heterocycles. The summed E-state index contributed by atoms with van der Waals surface area (Å²) in [6.45, 7) is 0.116. The molecule has 21 heavy (non-hydrogen) atoms. The molecule has 5 heteroatoms. The lowest BCUT2D eigenvalue weighted by molar-refractivity contribution is 0.0946. The predicted molar refractivity (Wildman–Crippen MR) is 78.9 cm³/mol. The molecule has 0 aliphatic rings. The van der Waals surface area contributed by atoms with E-state index in [1.807, 2.05) is 24.3 Å². The van der Waals surface area contributed by atoms with Crippen LogP contribution in [0.15, 0.2) is 53.1 Å². The molecule has 1 aromatic carbocycles. The van der Waals surface area contributed by atoms with Gasteiger partial charge in [-0.3, -0.25) is 4.79 Å². The highest BCUT2D eigenvalue weighted by molar-refractivity contribution is 6.07. The average molecular weight is 282 g/mol. The maximum absolute atomic E-state index is 12.3. The van der Waals surface area contributed by atoms with Crippen LogP contribution in [0.4, 0.5) is 0 Å². The van der Waals surface area contributed by atoms with Crippen molar-refractivity contribution >= 4 is 16.8 Å². The summed E-state index contributed by atoms with van der Waals surface area (Å²) < 4.78 is 5.35. The smallest absolute Gasteiger partial charge is 0.252 e. The molecule has 2 N–H and O–H groups in total. The van der Waals surface area contributed by atoms with Crippen LogP contribution in [0.3, 0.4) is 0 Å². The maximum Gasteiger partial charge on any atom is 0.252 e. The lowest BCUT2D eigenvalue weighted by atomic mass is 10.1. The van der Waals surface area contributed by atoms with Crippen molar-refractivity contribution in [2.24, 2.45) is 0 Å². The Morgan fingerprint density at radius 3 is 2.86 bits per heavy atom. The average Bonchev–Trinajstić information content (AvgIpc) is 3.06. The number of nitrogens with one attached hydrogen (secondary N) is 1. The number of carbonyl (C=O) groups is 1. The van der Waals surface area contributed by atoms with Crippen molar-refractivity contribution in [2.45, 2.75) is 0 Å². The molecule has 0 spiro atoms. The number of aliphatic hydroxyl groups is 1. The van der Waals surface area contributed by atoms with E-state index in [0.717, 1.165) is 10.9 Å². The minimum Gasteiger partial charge on any atom is -0.463 e. The molecule has 5 nitrogen and oxygen atoms in total. The SMILES string of the molecule is O=C(NCCO)c1cc(-c2ccco2)nc2ccccc12. The molecule has 0 atom stereocenters. The normalized spacial score (nSPS) is 10.7. The number of pyridine rings is 1. The van der Waals surface area contributed by atoms with Crippen LogP contribution in [-0.2, 0) is 0 Å². The van der Waals surface area contributed by atoms with Crippen LogP contribution < -0.4 is 5.32 Å². The van der Waals surface area contributed by atoms with E-state index in [-0.39, 0.29) is 19.1 Å². The molecule has 0 saturated heterocycles. The Morgan fingerprint density at radius 2 is 2.10 bits per heavy atom. The molecule has 2 heterocycles. The zero-order valence-electron chi connectivity index (χ0n) is 11.2. The Labute approximate surface area is 121 Å². The molecule has 0 bridgehead atoms. The summed E-state index contributed by atoms with van der Waals surface area (Å²) in [7, 11) is 0. The number of aromatic nitrogens is 1. The number of hydrogen-bond acceptors (Lipinski definition) is 4. The summed E-state index contributed by atoms with van der Waals surface area (Å²) in [6.07, 6.45) is 1.57. The Balaban J connectivity index is 2.14. The van der Waals surface area contributed by atoms with Gasteiger partial charge in [0.25, 0.3) is 5.91 Å². The van der Waals surface area contributed by atoms with Crippen molar-refractivity contribution in [1.29, 1.82) is 0 Å². The number of hydrogen-bond donors (Lipinski definition) is 2. The summed E-state index contributed by atoms with van der Waals surface area (Å²) in [5.74, 6) is 0.368.